The first-order chi connectivity index (χ1) is 28.9. The third kappa shape index (κ3) is 38.4. The van der Waals surface area contributed by atoms with Gasteiger partial charge in [0.15, 0.2) is 23.1 Å². The van der Waals surface area contributed by atoms with E-state index in [1.54, 1.807) is 0 Å². The molecule has 0 aromatic rings. The van der Waals surface area contributed by atoms with E-state index in [1.165, 1.54) is 0 Å². The molecule has 1 unspecified atom stereocenters. The monoisotopic (exact) mass is 858 g/mol. The van der Waals surface area contributed by atoms with Gasteiger partial charge in [0.2, 0.25) is 5.54 Å². The molecule has 0 rings (SSSR count). The maximum atomic E-state index is 12.1. The first kappa shape index (κ1) is 57.5. The van der Waals surface area contributed by atoms with Crippen molar-refractivity contribution in [1.82, 2.24) is 0 Å². The molecule has 0 fully saturated rings. The van der Waals surface area contributed by atoms with Crippen LogP contribution in [0.1, 0.15) is 118 Å². The quantitative estimate of drug-likeness (QED) is 0.0512. The summed E-state index contributed by atoms with van der Waals surface area (Å²) in [6.45, 7) is 23.3. The molecule has 0 saturated heterocycles. The fourth-order valence-electron chi connectivity index (χ4n) is 5.18. The SMILES string of the molecule is [C-]#[N+]C(C)(CCC(=O)CCCOCCOCC(=O)CCCOCCOCC(=O)CCCOCCOCC(=O)CCCOCCOCC(=O)CCCOCCC(C)C)C(C)C. The van der Waals surface area contributed by atoms with Crippen LogP contribution in [0.2, 0.25) is 0 Å². The second kappa shape index (κ2) is 40.5. The zero-order valence-electron chi connectivity index (χ0n) is 37.7. The molecule has 15 heteroatoms. The number of hydrogen-bond donors (Lipinski definition) is 0. The lowest BCUT2D eigenvalue weighted by Gasteiger charge is -2.20. The largest absolute Gasteiger partial charge is 0.381 e. The number of nitrogens with zero attached hydrogens (tertiary/aromatic N) is 1. The van der Waals surface area contributed by atoms with Gasteiger partial charge in [-0.15, -0.1) is 0 Å². The van der Waals surface area contributed by atoms with Crippen molar-refractivity contribution in [2.75, 3.05) is 119 Å². The number of ether oxygens (including phenoxy) is 9. The van der Waals surface area contributed by atoms with Crippen molar-refractivity contribution in [3.63, 3.8) is 0 Å². The summed E-state index contributed by atoms with van der Waals surface area (Å²) in [6.07, 6.45) is 6.95. The number of carbonyl (C=O) groups excluding carboxylic acids is 5. The Labute approximate surface area is 360 Å². The molecular weight excluding hydrogens is 778 g/mol. The van der Waals surface area contributed by atoms with Crippen LogP contribution >= 0.6 is 0 Å². The first-order valence-corrected chi connectivity index (χ1v) is 22.1. The lowest BCUT2D eigenvalue weighted by atomic mass is 9.84. The predicted molar refractivity (Wildman–Crippen MR) is 227 cm³/mol. The van der Waals surface area contributed by atoms with Crippen LogP contribution in [-0.2, 0) is 66.6 Å². The van der Waals surface area contributed by atoms with Crippen molar-refractivity contribution in [2.45, 2.75) is 124 Å². The van der Waals surface area contributed by atoms with E-state index in [-0.39, 0.29) is 74.5 Å². The molecular formula is C45H79NO14. The van der Waals surface area contributed by atoms with Gasteiger partial charge in [-0.3, -0.25) is 24.0 Å². The van der Waals surface area contributed by atoms with Gasteiger partial charge in [0.05, 0.1) is 52.9 Å². The Morgan fingerprint density at radius 1 is 0.417 bits per heavy atom. The van der Waals surface area contributed by atoms with E-state index < -0.39 is 5.54 Å². The van der Waals surface area contributed by atoms with Crippen LogP contribution in [0.4, 0.5) is 0 Å². The Kier molecular flexibility index (Phi) is 38.8. The number of ketones is 5. The highest BCUT2D eigenvalue weighted by molar-refractivity contribution is 5.80. The highest BCUT2D eigenvalue weighted by Crippen LogP contribution is 2.27. The average molecular weight is 858 g/mol. The van der Waals surface area contributed by atoms with Gasteiger partial charge in [-0.2, -0.15) is 0 Å². The summed E-state index contributed by atoms with van der Waals surface area (Å²) in [5, 5.41) is 0. The van der Waals surface area contributed by atoms with E-state index in [2.05, 4.69) is 18.7 Å². The Balaban J connectivity index is 3.44. The smallest absolute Gasteiger partial charge is 0.232 e. The van der Waals surface area contributed by atoms with Gasteiger partial charge in [-0.25, -0.2) is 6.57 Å². The predicted octanol–water partition coefficient (Wildman–Crippen LogP) is 6.04. The molecule has 0 aromatic carbocycles. The van der Waals surface area contributed by atoms with E-state index in [1.807, 2.05) is 20.8 Å². The van der Waals surface area contributed by atoms with Crippen LogP contribution in [0.5, 0.6) is 0 Å². The zero-order valence-corrected chi connectivity index (χ0v) is 37.7. The lowest BCUT2D eigenvalue weighted by molar-refractivity contribution is -0.126. The fraction of sp³-hybridized carbons (Fsp3) is 0.867. The van der Waals surface area contributed by atoms with Crippen molar-refractivity contribution in [1.29, 1.82) is 0 Å². The second-order valence-electron chi connectivity index (χ2n) is 15.8. The molecule has 1 atom stereocenters. The summed E-state index contributed by atoms with van der Waals surface area (Å²) in [5.41, 5.74) is -0.496. The van der Waals surface area contributed by atoms with Crippen molar-refractivity contribution in [2.24, 2.45) is 11.8 Å². The molecule has 0 aliphatic heterocycles. The maximum absolute atomic E-state index is 12.1. The molecule has 0 aromatic heterocycles. The van der Waals surface area contributed by atoms with E-state index in [0.717, 1.165) is 13.0 Å². The highest BCUT2D eigenvalue weighted by Gasteiger charge is 2.34. The van der Waals surface area contributed by atoms with Gasteiger partial charge in [0.1, 0.15) is 32.2 Å². The van der Waals surface area contributed by atoms with E-state index >= 15 is 0 Å². The number of Topliss-reactive ketones (excluding diaryl/α,β-unsaturated/α-hetero) is 5. The van der Waals surface area contributed by atoms with Crippen molar-refractivity contribution >= 4 is 28.9 Å². The molecule has 0 bridgehead atoms. The molecule has 348 valence electrons. The van der Waals surface area contributed by atoms with Gasteiger partial charge in [-0.1, -0.05) is 27.7 Å². The Morgan fingerprint density at radius 3 is 0.983 bits per heavy atom. The molecule has 0 saturated carbocycles. The van der Waals surface area contributed by atoms with Crippen molar-refractivity contribution in [3.8, 4) is 0 Å². The lowest BCUT2D eigenvalue weighted by Crippen LogP contribution is -2.28. The van der Waals surface area contributed by atoms with Gasteiger partial charge in [0.25, 0.3) is 0 Å². The van der Waals surface area contributed by atoms with Gasteiger partial charge < -0.3 is 47.5 Å². The minimum atomic E-state index is -0.496. The standard InChI is InChI=1S/C45H79NO14/c1-38(2)18-25-52-20-8-13-41(48)34-58-31-27-54-22-10-15-43(50)36-60-33-29-56-24-11-16-44(51)37-59-32-28-55-23-9-14-42(49)35-57-30-26-53-21-7-12-40(47)17-19-45(5,46-6)39(3)4/h38-39H,7-37H2,1-5H3. The molecule has 0 heterocycles. The van der Waals surface area contributed by atoms with Crippen LogP contribution < -0.4 is 0 Å². The Morgan fingerprint density at radius 2 is 0.700 bits per heavy atom. The van der Waals surface area contributed by atoms with Gasteiger partial charge in [0, 0.05) is 97.4 Å². The van der Waals surface area contributed by atoms with Crippen LogP contribution in [0.25, 0.3) is 4.85 Å². The molecule has 0 N–H and O–H groups in total. The molecule has 0 spiro atoms. The second-order valence-corrected chi connectivity index (χ2v) is 15.8. The van der Waals surface area contributed by atoms with E-state index in [4.69, 9.17) is 49.2 Å². The third-order valence-electron chi connectivity index (χ3n) is 9.51. The summed E-state index contributed by atoms with van der Waals surface area (Å²) in [4.78, 5) is 63.6. The van der Waals surface area contributed by atoms with E-state index in [0.29, 0.717) is 156 Å². The molecule has 0 amide bonds. The Bertz CT molecular complexity index is 1160. The van der Waals surface area contributed by atoms with Crippen molar-refractivity contribution < 1.29 is 66.6 Å². The summed E-state index contributed by atoms with van der Waals surface area (Å²) < 4.78 is 48.9. The summed E-state index contributed by atoms with van der Waals surface area (Å²) >= 11 is 0. The Hall–Kier alpha value is -2.52. The summed E-state index contributed by atoms with van der Waals surface area (Å²) in [6, 6.07) is 0. The van der Waals surface area contributed by atoms with Gasteiger partial charge >= 0.3 is 0 Å². The number of rotatable bonds is 47. The molecule has 0 aliphatic carbocycles. The third-order valence-corrected chi connectivity index (χ3v) is 9.51. The van der Waals surface area contributed by atoms with Crippen LogP contribution in [0.15, 0.2) is 0 Å². The van der Waals surface area contributed by atoms with Crippen LogP contribution in [-0.4, -0.2) is 153 Å². The number of hydrogen-bond acceptors (Lipinski definition) is 14. The number of carbonyl (C=O) groups is 5. The highest BCUT2D eigenvalue weighted by atomic mass is 16.5. The molecule has 15 nitrogen and oxygen atoms in total. The normalized spacial score (nSPS) is 12.5. The average Bonchev–Trinajstić information content (AvgIpc) is 3.21. The van der Waals surface area contributed by atoms with E-state index in [9.17, 15) is 24.0 Å². The van der Waals surface area contributed by atoms with Gasteiger partial charge in [-0.05, 0) is 44.4 Å². The van der Waals surface area contributed by atoms with Crippen molar-refractivity contribution in [3.05, 3.63) is 11.4 Å². The topological polar surface area (TPSA) is 173 Å². The molecule has 0 radical (unpaired) electrons. The minimum absolute atomic E-state index is 0.00367. The first-order valence-electron chi connectivity index (χ1n) is 22.1. The summed E-state index contributed by atoms with van der Waals surface area (Å²) in [5.74, 6) is 0.958. The summed E-state index contributed by atoms with van der Waals surface area (Å²) in [7, 11) is 0. The van der Waals surface area contributed by atoms with Crippen LogP contribution in [0.3, 0.4) is 0 Å². The zero-order chi connectivity index (χ0) is 44.5. The maximum Gasteiger partial charge on any atom is 0.232 e. The minimum Gasteiger partial charge on any atom is -0.381 e. The molecule has 60 heavy (non-hydrogen) atoms. The fourth-order valence-corrected chi connectivity index (χ4v) is 5.18. The molecule has 0 aliphatic rings. The van der Waals surface area contributed by atoms with Crippen LogP contribution in [0, 0.1) is 18.4 Å².